The number of carbonyl (C=O) groups is 1. The van der Waals surface area contributed by atoms with E-state index in [4.69, 9.17) is 4.74 Å². The summed E-state index contributed by atoms with van der Waals surface area (Å²) in [4.78, 5) is 12.5. The van der Waals surface area contributed by atoms with Crippen molar-refractivity contribution in [1.29, 1.82) is 0 Å². The molecule has 0 fully saturated rings. The summed E-state index contributed by atoms with van der Waals surface area (Å²) in [5, 5.41) is 0. The molecule has 110 valence electrons. The van der Waals surface area contributed by atoms with Crippen LogP contribution in [-0.4, -0.2) is 5.97 Å². The van der Waals surface area contributed by atoms with Crippen molar-refractivity contribution < 1.29 is 9.53 Å². The first kappa shape index (κ1) is 15.5. The molecule has 0 heterocycles. The number of ether oxygens (including phenoxy) is 1. The van der Waals surface area contributed by atoms with E-state index in [2.05, 4.69) is 13.2 Å². The van der Waals surface area contributed by atoms with Crippen molar-refractivity contribution >= 4 is 12.0 Å². The Bertz CT molecular complexity index is 661. The molecule has 0 aromatic heterocycles. The lowest BCUT2D eigenvalue weighted by atomic mass is 9.81. The second-order valence-electron chi connectivity index (χ2n) is 4.76. The summed E-state index contributed by atoms with van der Waals surface area (Å²) < 4.78 is 5.29. The van der Waals surface area contributed by atoms with Crippen LogP contribution in [0.1, 0.15) is 11.1 Å². The lowest BCUT2D eigenvalue weighted by Crippen LogP contribution is -2.32. The highest BCUT2D eigenvalue weighted by atomic mass is 16.5. The van der Waals surface area contributed by atoms with Crippen LogP contribution in [0.4, 0.5) is 0 Å². The molecule has 2 aromatic carbocycles. The fourth-order valence-corrected chi connectivity index (χ4v) is 2.15. The quantitative estimate of drug-likeness (QED) is 0.444. The summed E-state index contributed by atoms with van der Waals surface area (Å²) in [5.41, 5.74) is 0.679. The number of rotatable bonds is 6. The van der Waals surface area contributed by atoms with Gasteiger partial charge >= 0.3 is 5.97 Å². The van der Waals surface area contributed by atoms with Crippen LogP contribution in [0.15, 0.2) is 92.2 Å². The Morgan fingerprint density at radius 2 is 1.45 bits per heavy atom. The molecule has 0 saturated heterocycles. The molecule has 0 atom stereocenters. The topological polar surface area (TPSA) is 26.3 Å². The van der Waals surface area contributed by atoms with Crippen LogP contribution in [0.25, 0.3) is 6.08 Å². The maximum absolute atomic E-state index is 12.5. The summed E-state index contributed by atoms with van der Waals surface area (Å²) in [7, 11) is 0. The SMILES string of the molecule is C=CC(C=C)(C(=O)OC=Cc1ccccc1)c1ccccc1. The molecule has 2 aromatic rings. The Balaban J connectivity index is 2.19. The van der Waals surface area contributed by atoms with Crippen LogP contribution in [-0.2, 0) is 14.9 Å². The van der Waals surface area contributed by atoms with E-state index >= 15 is 0 Å². The van der Waals surface area contributed by atoms with Gasteiger partial charge in [-0.3, -0.25) is 4.79 Å². The van der Waals surface area contributed by atoms with Crippen LogP contribution in [0, 0.1) is 0 Å². The van der Waals surface area contributed by atoms with Crippen molar-refractivity contribution in [3.63, 3.8) is 0 Å². The molecule has 0 N–H and O–H groups in total. The van der Waals surface area contributed by atoms with Gasteiger partial charge in [-0.25, -0.2) is 0 Å². The van der Waals surface area contributed by atoms with Gasteiger partial charge in [0.15, 0.2) is 0 Å². The molecule has 0 spiro atoms. The number of benzene rings is 2. The Morgan fingerprint density at radius 1 is 0.909 bits per heavy atom. The summed E-state index contributed by atoms with van der Waals surface area (Å²) in [5.74, 6) is -0.434. The highest BCUT2D eigenvalue weighted by molar-refractivity contribution is 5.88. The normalized spacial score (nSPS) is 11.1. The fraction of sp³-hybridized carbons (Fsp3) is 0.0500. The molecule has 0 aliphatic carbocycles. The Morgan fingerprint density at radius 3 is 2.00 bits per heavy atom. The van der Waals surface area contributed by atoms with Crippen molar-refractivity contribution in [3.05, 3.63) is 103 Å². The molecule has 0 saturated carbocycles. The third-order valence-corrected chi connectivity index (χ3v) is 3.47. The minimum absolute atomic E-state index is 0.434. The number of hydrogen-bond acceptors (Lipinski definition) is 2. The van der Waals surface area contributed by atoms with Gasteiger partial charge in [0.25, 0.3) is 0 Å². The zero-order valence-electron chi connectivity index (χ0n) is 12.3. The van der Waals surface area contributed by atoms with E-state index in [1.54, 1.807) is 18.2 Å². The third-order valence-electron chi connectivity index (χ3n) is 3.47. The minimum Gasteiger partial charge on any atom is -0.433 e. The predicted molar refractivity (Wildman–Crippen MR) is 90.1 cm³/mol. The summed E-state index contributed by atoms with van der Waals surface area (Å²) >= 11 is 0. The number of carbonyl (C=O) groups excluding carboxylic acids is 1. The maximum atomic E-state index is 12.5. The molecule has 0 bridgehead atoms. The zero-order valence-corrected chi connectivity index (χ0v) is 12.3. The van der Waals surface area contributed by atoms with Gasteiger partial charge in [0, 0.05) is 0 Å². The first-order chi connectivity index (χ1) is 10.7. The average Bonchev–Trinajstić information content (AvgIpc) is 2.58. The molecule has 0 amide bonds. The van der Waals surface area contributed by atoms with E-state index in [0.29, 0.717) is 0 Å². The molecular formula is C20H18O2. The second kappa shape index (κ2) is 7.23. The van der Waals surface area contributed by atoms with Gasteiger partial charge in [-0.1, -0.05) is 72.8 Å². The average molecular weight is 290 g/mol. The summed E-state index contributed by atoms with van der Waals surface area (Å²) in [6.45, 7) is 7.54. The van der Waals surface area contributed by atoms with Gasteiger partial charge in [0.2, 0.25) is 0 Å². The Kier molecular flexibility index (Phi) is 5.10. The van der Waals surface area contributed by atoms with Crippen molar-refractivity contribution in [2.75, 3.05) is 0 Å². The highest BCUT2D eigenvalue weighted by Gasteiger charge is 2.35. The van der Waals surface area contributed by atoms with Gasteiger partial charge in [0.05, 0.1) is 6.26 Å². The zero-order chi connectivity index (χ0) is 15.8. The molecule has 2 rings (SSSR count). The molecule has 0 radical (unpaired) electrons. The monoisotopic (exact) mass is 290 g/mol. The van der Waals surface area contributed by atoms with E-state index in [-0.39, 0.29) is 0 Å². The van der Waals surface area contributed by atoms with Crippen LogP contribution < -0.4 is 0 Å². The lowest BCUT2D eigenvalue weighted by Gasteiger charge is -2.24. The lowest BCUT2D eigenvalue weighted by molar-refractivity contribution is -0.141. The van der Waals surface area contributed by atoms with Gasteiger partial charge in [0.1, 0.15) is 5.41 Å². The van der Waals surface area contributed by atoms with Crippen molar-refractivity contribution in [2.45, 2.75) is 5.41 Å². The number of hydrogen-bond donors (Lipinski definition) is 0. The van der Waals surface area contributed by atoms with Gasteiger partial charge in [-0.2, -0.15) is 0 Å². The largest absolute Gasteiger partial charge is 0.433 e. The fourth-order valence-electron chi connectivity index (χ4n) is 2.15. The maximum Gasteiger partial charge on any atom is 0.329 e. The molecule has 2 nitrogen and oxygen atoms in total. The molecule has 0 unspecified atom stereocenters. The second-order valence-corrected chi connectivity index (χ2v) is 4.76. The molecular weight excluding hydrogens is 272 g/mol. The van der Waals surface area contributed by atoms with E-state index in [1.807, 2.05) is 60.7 Å². The van der Waals surface area contributed by atoms with Gasteiger partial charge in [-0.05, 0) is 17.2 Å². The standard InChI is InChI=1S/C20H18O2/c1-3-20(4-2,18-13-9-6-10-14-18)19(21)22-16-15-17-11-7-5-8-12-17/h3-16H,1-2H2. The van der Waals surface area contributed by atoms with Crippen molar-refractivity contribution in [2.24, 2.45) is 0 Å². The summed E-state index contributed by atoms with van der Waals surface area (Å²) in [6, 6.07) is 18.9. The van der Waals surface area contributed by atoms with Crippen LogP contribution >= 0.6 is 0 Å². The number of esters is 1. The first-order valence-corrected chi connectivity index (χ1v) is 6.98. The molecule has 2 heteroatoms. The van der Waals surface area contributed by atoms with E-state index < -0.39 is 11.4 Å². The highest BCUT2D eigenvalue weighted by Crippen LogP contribution is 2.28. The van der Waals surface area contributed by atoms with E-state index in [1.165, 1.54) is 6.26 Å². The minimum atomic E-state index is -1.05. The molecule has 0 aliphatic heterocycles. The van der Waals surface area contributed by atoms with Gasteiger partial charge in [-0.15, -0.1) is 13.2 Å². The first-order valence-electron chi connectivity index (χ1n) is 6.98. The van der Waals surface area contributed by atoms with Crippen LogP contribution in [0.3, 0.4) is 0 Å². The smallest absolute Gasteiger partial charge is 0.329 e. The van der Waals surface area contributed by atoms with E-state index in [0.717, 1.165) is 11.1 Å². The molecule has 22 heavy (non-hydrogen) atoms. The van der Waals surface area contributed by atoms with Crippen molar-refractivity contribution in [1.82, 2.24) is 0 Å². The van der Waals surface area contributed by atoms with Gasteiger partial charge < -0.3 is 4.74 Å². The predicted octanol–water partition coefficient (Wildman–Crippen LogP) is 4.51. The Hall–Kier alpha value is -2.87. The summed E-state index contributed by atoms with van der Waals surface area (Å²) in [6.07, 6.45) is 6.23. The van der Waals surface area contributed by atoms with Crippen LogP contribution in [0.2, 0.25) is 0 Å². The third kappa shape index (κ3) is 3.23. The molecule has 0 aliphatic rings. The van der Waals surface area contributed by atoms with Crippen molar-refractivity contribution in [3.8, 4) is 0 Å². The van der Waals surface area contributed by atoms with E-state index in [9.17, 15) is 4.79 Å². The Labute approximate surface area is 131 Å². The van der Waals surface area contributed by atoms with Crippen LogP contribution in [0.5, 0.6) is 0 Å².